The molecule has 2 aromatic carbocycles. The summed E-state index contributed by atoms with van der Waals surface area (Å²) in [6.45, 7) is 1.92. The van der Waals surface area contributed by atoms with Crippen LogP contribution in [-0.2, 0) is 4.79 Å². The molecule has 0 radical (unpaired) electrons. The molecule has 1 aromatic heterocycles. The smallest absolute Gasteiger partial charge is 0.203 e. The van der Waals surface area contributed by atoms with E-state index in [0.717, 1.165) is 22.4 Å². The summed E-state index contributed by atoms with van der Waals surface area (Å²) in [6, 6.07) is 13.4. The molecule has 0 saturated carbocycles. The lowest BCUT2D eigenvalue weighted by Crippen LogP contribution is -2.19. The molecule has 4 rings (SSSR count). The minimum absolute atomic E-state index is 0.00716. The van der Waals surface area contributed by atoms with Crippen LogP contribution < -0.4 is 14.2 Å². The van der Waals surface area contributed by atoms with Crippen molar-refractivity contribution in [3.05, 3.63) is 65.1 Å². The Morgan fingerprint density at radius 1 is 1.06 bits per heavy atom. The van der Waals surface area contributed by atoms with Crippen LogP contribution in [0.2, 0.25) is 0 Å². The summed E-state index contributed by atoms with van der Waals surface area (Å²) in [5, 5.41) is 18.0. The van der Waals surface area contributed by atoms with E-state index < -0.39 is 0 Å². The molecule has 1 aliphatic carbocycles. The number of carbonyl (C=O) groups is 1. The van der Waals surface area contributed by atoms with Gasteiger partial charge in [0.15, 0.2) is 23.1 Å². The van der Waals surface area contributed by atoms with Crippen LogP contribution in [0.3, 0.4) is 0 Å². The molecular weight excluding hydrogens is 434 g/mol. The van der Waals surface area contributed by atoms with Crippen molar-refractivity contribution in [1.82, 2.24) is 10.2 Å². The number of rotatable bonds is 7. The van der Waals surface area contributed by atoms with Gasteiger partial charge in [-0.1, -0.05) is 30.3 Å². The number of nitrogens with zero attached hydrogens (tertiary/aromatic N) is 2. The molecule has 1 aliphatic rings. The van der Waals surface area contributed by atoms with Gasteiger partial charge in [-0.3, -0.25) is 9.89 Å². The Morgan fingerprint density at radius 3 is 2.32 bits per heavy atom. The number of benzene rings is 2. The second-order valence-corrected chi connectivity index (χ2v) is 8.02. The van der Waals surface area contributed by atoms with Crippen molar-refractivity contribution in [1.29, 1.82) is 0 Å². The van der Waals surface area contributed by atoms with Crippen LogP contribution in [0, 0.1) is 6.92 Å². The zero-order valence-corrected chi connectivity index (χ0v) is 19.6. The molecule has 0 bridgehead atoms. The van der Waals surface area contributed by atoms with E-state index in [9.17, 15) is 9.90 Å². The van der Waals surface area contributed by atoms with E-state index >= 15 is 0 Å². The van der Waals surface area contributed by atoms with Crippen molar-refractivity contribution < 1.29 is 24.1 Å². The van der Waals surface area contributed by atoms with Crippen molar-refractivity contribution in [2.24, 2.45) is 4.99 Å². The summed E-state index contributed by atoms with van der Waals surface area (Å²) in [5.41, 5.74) is 3.71. The Kier molecular flexibility index (Phi) is 6.67. The predicted molar refractivity (Wildman–Crippen MR) is 130 cm³/mol. The summed E-state index contributed by atoms with van der Waals surface area (Å²) in [4.78, 5) is 17.4. The molecular formula is C26H27N3O5. The molecule has 3 aromatic rings. The van der Waals surface area contributed by atoms with Gasteiger partial charge in [-0.2, -0.15) is 5.10 Å². The largest absolute Gasteiger partial charge is 0.511 e. The number of allylic oxidation sites excluding steroid dienone is 2. The number of aliphatic hydroxyl groups excluding tert-OH is 1. The molecule has 8 nitrogen and oxygen atoms in total. The average molecular weight is 462 g/mol. The van der Waals surface area contributed by atoms with Gasteiger partial charge >= 0.3 is 0 Å². The number of hydrogen-bond donors (Lipinski definition) is 2. The number of aliphatic imine (C=N–C) groups is 1. The van der Waals surface area contributed by atoms with Crippen LogP contribution in [-0.4, -0.2) is 48.6 Å². The zero-order valence-electron chi connectivity index (χ0n) is 19.6. The van der Waals surface area contributed by atoms with Crippen molar-refractivity contribution in [3.63, 3.8) is 0 Å². The second-order valence-electron chi connectivity index (χ2n) is 8.02. The fraction of sp³-hybridized carbons (Fsp3) is 0.269. The average Bonchev–Trinajstić information content (AvgIpc) is 3.22. The first kappa shape index (κ1) is 23.1. The predicted octanol–water partition coefficient (Wildman–Crippen LogP) is 5.07. The third-order valence-corrected chi connectivity index (χ3v) is 5.95. The second kappa shape index (κ2) is 9.82. The Labute approximate surface area is 197 Å². The molecule has 1 unspecified atom stereocenters. The lowest BCUT2D eigenvalue weighted by molar-refractivity contribution is -0.116. The van der Waals surface area contributed by atoms with Crippen LogP contribution in [0.25, 0.3) is 11.1 Å². The number of hydrogen-bond acceptors (Lipinski definition) is 7. The third-order valence-electron chi connectivity index (χ3n) is 5.95. The number of aromatic amines is 1. The van der Waals surface area contributed by atoms with Crippen LogP contribution in [0.15, 0.2) is 58.8 Å². The first-order valence-corrected chi connectivity index (χ1v) is 10.9. The molecule has 1 heterocycles. The normalized spacial score (nSPS) is 16.2. The summed E-state index contributed by atoms with van der Waals surface area (Å²) < 4.78 is 16.2. The van der Waals surface area contributed by atoms with E-state index in [1.807, 2.05) is 49.4 Å². The standard InChI is InChI=1S/C26H27N3O5/c1-15-24(16-8-6-5-7-9-16)26(29-28-15)27-14-19-20(30)10-17(11-21(19)31)18-12-22(32-2)25(34-4)23(13-18)33-3/h5-9,12-14,17,30H,10-11H2,1-4H3,(H,28,29). The lowest BCUT2D eigenvalue weighted by Gasteiger charge is -2.24. The third kappa shape index (κ3) is 4.39. The number of carbonyl (C=O) groups excluding carboxylic acids is 1. The Bertz CT molecular complexity index is 1240. The first-order chi connectivity index (χ1) is 16.5. The quantitative estimate of drug-likeness (QED) is 0.476. The van der Waals surface area contributed by atoms with Crippen molar-refractivity contribution in [3.8, 4) is 28.4 Å². The number of H-pyrrole nitrogens is 1. The summed E-state index contributed by atoms with van der Waals surface area (Å²) in [7, 11) is 4.62. The minimum atomic E-state index is -0.231. The Balaban J connectivity index is 1.62. The molecule has 0 spiro atoms. The molecule has 0 saturated heterocycles. The molecule has 0 fully saturated rings. The highest BCUT2D eigenvalue weighted by Crippen LogP contribution is 2.43. The van der Waals surface area contributed by atoms with E-state index in [1.165, 1.54) is 13.3 Å². The van der Waals surface area contributed by atoms with Crippen molar-refractivity contribution in [2.75, 3.05) is 21.3 Å². The monoisotopic (exact) mass is 461 g/mol. The van der Waals surface area contributed by atoms with E-state index in [4.69, 9.17) is 14.2 Å². The number of methoxy groups -OCH3 is 3. The molecule has 1 atom stereocenters. The van der Waals surface area contributed by atoms with Crippen LogP contribution in [0.5, 0.6) is 17.2 Å². The van der Waals surface area contributed by atoms with E-state index in [2.05, 4.69) is 15.2 Å². The molecule has 176 valence electrons. The topological polar surface area (TPSA) is 106 Å². The first-order valence-electron chi connectivity index (χ1n) is 10.9. The van der Waals surface area contributed by atoms with Gasteiger partial charge in [-0.25, -0.2) is 4.99 Å². The summed E-state index contributed by atoms with van der Waals surface area (Å²) in [5.74, 6) is 1.51. The van der Waals surface area contributed by atoms with Crippen molar-refractivity contribution >= 4 is 17.8 Å². The molecule has 0 amide bonds. The maximum atomic E-state index is 13.0. The van der Waals surface area contributed by atoms with E-state index in [-0.39, 0.29) is 35.9 Å². The summed E-state index contributed by atoms with van der Waals surface area (Å²) in [6.07, 6.45) is 1.91. The minimum Gasteiger partial charge on any atom is -0.511 e. The highest BCUT2D eigenvalue weighted by molar-refractivity contribution is 6.15. The van der Waals surface area contributed by atoms with Gasteiger partial charge in [0.2, 0.25) is 5.75 Å². The number of aryl methyl sites for hydroxylation is 1. The van der Waals surface area contributed by atoms with E-state index in [0.29, 0.717) is 23.1 Å². The number of nitrogens with one attached hydrogen (secondary N) is 1. The van der Waals surface area contributed by atoms with Crippen LogP contribution in [0.1, 0.15) is 30.0 Å². The molecule has 34 heavy (non-hydrogen) atoms. The van der Waals surface area contributed by atoms with Crippen LogP contribution >= 0.6 is 0 Å². The SMILES string of the molecule is COc1cc(C2CC(=O)C(C=Nc3n[nH]c(C)c3-c3ccccc3)=C(O)C2)cc(OC)c1OC. The van der Waals surface area contributed by atoms with E-state index in [1.54, 1.807) is 14.2 Å². The number of aromatic nitrogens is 2. The summed E-state index contributed by atoms with van der Waals surface area (Å²) >= 11 is 0. The van der Waals surface area contributed by atoms with Gasteiger partial charge in [-0.15, -0.1) is 0 Å². The number of aliphatic hydroxyl groups is 1. The Morgan fingerprint density at radius 2 is 1.74 bits per heavy atom. The van der Waals surface area contributed by atoms with Gasteiger partial charge in [-0.05, 0) is 36.1 Å². The van der Waals surface area contributed by atoms with Crippen molar-refractivity contribution in [2.45, 2.75) is 25.7 Å². The zero-order chi connectivity index (χ0) is 24.2. The Hall–Kier alpha value is -4.07. The number of Topliss-reactive ketones (excluding diaryl/α,β-unsaturated/α-hetero) is 1. The van der Waals surface area contributed by atoms with Gasteiger partial charge in [0, 0.05) is 30.3 Å². The molecule has 0 aliphatic heterocycles. The fourth-order valence-corrected chi connectivity index (χ4v) is 4.22. The maximum absolute atomic E-state index is 13.0. The fourth-order valence-electron chi connectivity index (χ4n) is 4.22. The van der Waals surface area contributed by atoms with Gasteiger partial charge in [0.25, 0.3) is 0 Å². The number of ketones is 1. The van der Waals surface area contributed by atoms with Crippen LogP contribution in [0.4, 0.5) is 5.82 Å². The lowest BCUT2D eigenvalue weighted by atomic mass is 9.82. The van der Waals surface area contributed by atoms with Gasteiger partial charge in [0.05, 0.1) is 26.9 Å². The van der Waals surface area contributed by atoms with Gasteiger partial charge in [0.1, 0.15) is 5.76 Å². The maximum Gasteiger partial charge on any atom is 0.203 e. The molecule has 2 N–H and O–H groups in total. The van der Waals surface area contributed by atoms with Gasteiger partial charge < -0.3 is 19.3 Å². The molecule has 8 heteroatoms. The highest BCUT2D eigenvalue weighted by atomic mass is 16.5. The number of ether oxygens (including phenoxy) is 3. The highest BCUT2D eigenvalue weighted by Gasteiger charge is 2.29.